The van der Waals surface area contributed by atoms with Crippen molar-refractivity contribution in [3.63, 3.8) is 0 Å². The van der Waals surface area contributed by atoms with Crippen molar-refractivity contribution in [1.82, 2.24) is 25.2 Å². The average Bonchev–Trinajstić information content (AvgIpc) is 2.87. The largest absolute Gasteiger partial charge is 0.476 e. The first-order valence-electron chi connectivity index (χ1n) is 6.41. The molecule has 0 bridgehead atoms. The van der Waals surface area contributed by atoms with Gasteiger partial charge in [0.05, 0.1) is 18.8 Å². The Balaban J connectivity index is 1.55. The SMILES string of the molecule is O=C(O)c1cn(C2CN(C(=O)C3CNCCO3)C2)nn1. The zero-order valence-electron chi connectivity index (χ0n) is 10.7. The molecule has 108 valence electrons. The molecule has 0 aliphatic carbocycles. The van der Waals surface area contributed by atoms with Gasteiger partial charge in [-0.3, -0.25) is 4.79 Å². The normalized spacial score (nSPS) is 23.4. The summed E-state index contributed by atoms with van der Waals surface area (Å²) in [6, 6.07) is -0.0175. The molecule has 0 aromatic carbocycles. The molecule has 0 radical (unpaired) electrons. The minimum atomic E-state index is -1.11. The highest BCUT2D eigenvalue weighted by atomic mass is 16.5. The Bertz CT molecular complexity index is 519. The molecule has 2 aliphatic heterocycles. The number of hydrogen-bond acceptors (Lipinski definition) is 6. The van der Waals surface area contributed by atoms with Crippen molar-refractivity contribution in [3.8, 4) is 0 Å². The van der Waals surface area contributed by atoms with Crippen LogP contribution in [0.5, 0.6) is 0 Å². The predicted molar refractivity (Wildman–Crippen MR) is 65.2 cm³/mol. The van der Waals surface area contributed by atoms with E-state index in [0.29, 0.717) is 26.2 Å². The first kappa shape index (κ1) is 13.0. The first-order valence-corrected chi connectivity index (χ1v) is 6.41. The van der Waals surface area contributed by atoms with Gasteiger partial charge in [0.2, 0.25) is 0 Å². The van der Waals surface area contributed by atoms with E-state index in [0.717, 1.165) is 6.54 Å². The van der Waals surface area contributed by atoms with E-state index in [-0.39, 0.29) is 17.6 Å². The lowest BCUT2D eigenvalue weighted by molar-refractivity contribution is -0.151. The third kappa shape index (κ3) is 2.37. The molecule has 0 saturated carbocycles. The summed E-state index contributed by atoms with van der Waals surface area (Å²) in [5, 5.41) is 19.2. The molecule has 20 heavy (non-hydrogen) atoms. The van der Waals surface area contributed by atoms with E-state index < -0.39 is 12.1 Å². The maximum absolute atomic E-state index is 12.1. The molecule has 9 heteroatoms. The smallest absolute Gasteiger partial charge is 0.358 e. The molecule has 1 atom stereocenters. The lowest BCUT2D eigenvalue weighted by atomic mass is 10.1. The van der Waals surface area contributed by atoms with Crippen LogP contribution in [-0.2, 0) is 9.53 Å². The molecular formula is C11H15N5O4. The number of rotatable bonds is 3. The van der Waals surface area contributed by atoms with E-state index >= 15 is 0 Å². The summed E-state index contributed by atoms with van der Waals surface area (Å²) >= 11 is 0. The van der Waals surface area contributed by atoms with Gasteiger partial charge < -0.3 is 20.1 Å². The Kier molecular flexibility index (Phi) is 3.36. The van der Waals surface area contributed by atoms with Crippen molar-refractivity contribution in [2.75, 3.05) is 32.8 Å². The van der Waals surface area contributed by atoms with Gasteiger partial charge in [0.1, 0.15) is 6.10 Å². The molecule has 3 heterocycles. The molecular weight excluding hydrogens is 266 g/mol. The van der Waals surface area contributed by atoms with Crippen LogP contribution in [0, 0.1) is 0 Å². The van der Waals surface area contributed by atoms with Crippen LogP contribution >= 0.6 is 0 Å². The lowest BCUT2D eigenvalue weighted by Crippen LogP contribution is -2.57. The topological polar surface area (TPSA) is 110 Å². The maximum atomic E-state index is 12.1. The summed E-state index contributed by atoms with van der Waals surface area (Å²) in [6.45, 7) is 2.84. The molecule has 1 unspecified atom stereocenters. The molecule has 0 spiro atoms. The third-order valence-electron chi connectivity index (χ3n) is 3.48. The van der Waals surface area contributed by atoms with Crippen molar-refractivity contribution >= 4 is 11.9 Å². The van der Waals surface area contributed by atoms with Gasteiger partial charge >= 0.3 is 5.97 Å². The number of carboxylic acid groups (broad SMARTS) is 1. The molecule has 3 rings (SSSR count). The zero-order chi connectivity index (χ0) is 14.1. The van der Waals surface area contributed by atoms with Gasteiger partial charge in [-0.25, -0.2) is 9.48 Å². The number of nitrogens with zero attached hydrogens (tertiary/aromatic N) is 4. The molecule has 2 aliphatic rings. The van der Waals surface area contributed by atoms with Crippen molar-refractivity contribution in [2.45, 2.75) is 12.1 Å². The number of amides is 1. The van der Waals surface area contributed by atoms with Crippen LogP contribution in [0.2, 0.25) is 0 Å². The molecule has 2 fully saturated rings. The summed E-state index contributed by atoms with van der Waals surface area (Å²) in [5.74, 6) is -1.14. The molecule has 1 amide bonds. The van der Waals surface area contributed by atoms with Gasteiger partial charge in [0.15, 0.2) is 5.69 Å². The minimum Gasteiger partial charge on any atom is -0.476 e. The third-order valence-corrected chi connectivity index (χ3v) is 3.48. The van der Waals surface area contributed by atoms with Crippen molar-refractivity contribution < 1.29 is 19.4 Å². The van der Waals surface area contributed by atoms with Crippen LogP contribution in [-0.4, -0.2) is 75.8 Å². The molecule has 9 nitrogen and oxygen atoms in total. The molecule has 1 aromatic heterocycles. The van der Waals surface area contributed by atoms with Crippen LogP contribution in [0.3, 0.4) is 0 Å². The Morgan fingerprint density at radius 1 is 1.45 bits per heavy atom. The average molecular weight is 281 g/mol. The summed E-state index contributed by atoms with van der Waals surface area (Å²) < 4.78 is 6.90. The molecule has 1 aromatic rings. The van der Waals surface area contributed by atoms with Crippen molar-refractivity contribution in [3.05, 3.63) is 11.9 Å². The highest BCUT2D eigenvalue weighted by molar-refractivity contribution is 5.84. The second-order valence-corrected chi connectivity index (χ2v) is 4.85. The maximum Gasteiger partial charge on any atom is 0.358 e. The monoisotopic (exact) mass is 281 g/mol. The fourth-order valence-corrected chi connectivity index (χ4v) is 2.28. The summed E-state index contributed by atoms with van der Waals surface area (Å²) in [6.07, 6.45) is 0.961. The summed E-state index contributed by atoms with van der Waals surface area (Å²) in [5.41, 5.74) is -0.0883. The number of ether oxygens (including phenoxy) is 1. The predicted octanol–water partition coefficient (Wildman–Crippen LogP) is -1.65. The number of carboxylic acids is 1. The second-order valence-electron chi connectivity index (χ2n) is 4.85. The lowest BCUT2D eigenvalue weighted by Gasteiger charge is -2.41. The van der Waals surface area contributed by atoms with E-state index in [1.54, 1.807) is 4.90 Å². The van der Waals surface area contributed by atoms with Crippen molar-refractivity contribution in [1.29, 1.82) is 0 Å². The number of morpholine rings is 1. The fourth-order valence-electron chi connectivity index (χ4n) is 2.28. The highest BCUT2D eigenvalue weighted by Crippen LogP contribution is 2.21. The second kappa shape index (κ2) is 5.17. The Morgan fingerprint density at radius 3 is 2.85 bits per heavy atom. The molecule has 2 saturated heterocycles. The molecule has 2 N–H and O–H groups in total. The number of nitrogens with one attached hydrogen (secondary N) is 1. The number of hydrogen-bond donors (Lipinski definition) is 2. The number of aromatic nitrogens is 3. The quantitative estimate of drug-likeness (QED) is 0.683. The number of aromatic carboxylic acids is 1. The van der Waals surface area contributed by atoms with Gasteiger partial charge in [0.25, 0.3) is 5.91 Å². The summed E-state index contributed by atoms with van der Waals surface area (Å²) in [7, 11) is 0. The van der Waals surface area contributed by atoms with Gasteiger partial charge in [-0.05, 0) is 0 Å². The van der Waals surface area contributed by atoms with Crippen LogP contribution in [0.25, 0.3) is 0 Å². The van der Waals surface area contributed by atoms with E-state index in [2.05, 4.69) is 15.6 Å². The van der Waals surface area contributed by atoms with Crippen LogP contribution in [0.4, 0.5) is 0 Å². The number of carbonyl (C=O) groups is 2. The van der Waals surface area contributed by atoms with E-state index in [1.165, 1.54) is 10.9 Å². The van der Waals surface area contributed by atoms with Gasteiger partial charge in [-0.2, -0.15) is 0 Å². The Hall–Kier alpha value is -2.00. The van der Waals surface area contributed by atoms with Crippen LogP contribution < -0.4 is 5.32 Å². The van der Waals surface area contributed by atoms with Gasteiger partial charge in [-0.1, -0.05) is 5.21 Å². The minimum absolute atomic E-state index is 0.0175. The zero-order valence-corrected chi connectivity index (χ0v) is 10.7. The Morgan fingerprint density at radius 2 is 2.25 bits per heavy atom. The van der Waals surface area contributed by atoms with Gasteiger partial charge in [-0.15, -0.1) is 5.10 Å². The fraction of sp³-hybridized carbons (Fsp3) is 0.636. The van der Waals surface area contributed by atoms with E-state index in [4.69, 9.17) is 9.84 Å². The van der Waals surface area contributed by atoms with E-state index in [9.17, 15) is 9.59 Å². The first-order chi connectivity index (χ1) is 9.65. The standard InChI is InChI=1S/C11H15N5O4/c17-10(9-3-12-1-2-20-9)15-4-7(5-15)16-6-8(11(18)19)13-14-16/h6-7,9,12H,1-5H2,(H,18,19). The summed E-state index contributed by atoms with van der Waals surface area (Å²) in [4.78, 5) is 24.5. The van der Waals surface area contributed by atoms with Crippen LogP contribution in [0.15, 0.2) is 6.20 Å². The highest BCUT2D eigenvalue weighted by Gasteiger charge is 2.37. The number of likely N-dealkylation sites (tertiary alicyclic amines) is 1. The van der Waals surface area contributed by atoms with Gasteiger partial charge in [0, 0.05) is 26.2 Å². The van der Waals surface area contributed by atoms with Crippen LogP contribution in [0.1, 0.15) is 16.5 Å². The van der Waals surface area contributed by atoms with Crippen molar-refractivity contribution in [2.24, 2.45) is 0 Å². The Labute approximate surface area is 114 Å². The number of carbonyl (C=O) groups excluding carboxylic acids is 1. The van der Waals surface area contributed by atoms with E-state index in [1.807, 2.05) is 0 Å².